The second-order valence-corrected chi connectivity index (χ2v) is 7.36. The number of aliphatic carboxylic acids is 1. The molecule has 1 aliphatic heterocycles. The van der Waals surface area contributed by atoms with Gasteiger partial charge < -0.3 is 10.0 Å². The third-order valence-electron chi connectivity index (χ3n) is 4.91. The van der Waals surface area contributed by atoms with Gasteiger partial charge in [0.2, 0.25) is 5.91 Å². The summed E-state index contributed by atoms with van der Waals surface area (Å²) in [5.41, 5.74) is 0.846. The lowest BCUT2D eigenvalue weighted by Crippen LogP contribution is -2.40. The molecule has 0 aliphatic carbocycles. The molecule has 1 aromatic rings. The van der Waals surface area contributed by atoms with E-state index in [1.54, 1.807) is 4.90 Å². The monoisotopic (exact) mass is 317 g/mol. The minimum Gasteiger partial charge on any atom is -0.481 e. The van der Waals surface area contributed by atoms with Gasteiger partial charge in [-0.15, -0.1) is 0 Å². The molecule has 2 atom stereocenters. The number of hydrogen-bond donors (Lipinski definition) is 1. The maximum atomic E-state index is 12.8. The number of likely N-dealkylation sites (tertiary alicyclic amines) is 1. The van der Waals surface area contributed by atoms with Gasteiger partial charge in [0.15, 0.2) is 0 Å². The van der Waals surface area contributed by atoms with Crippen LogP contribution in [0.3, 0.4) is 0 Å². The van der Waals surface area contributed by atoms with Gasteiger partial charge in [0.25, 0.3) is 0 Å². The van der Waals surface area contributed by atoms with Gasteiger partial charge in [-0.25, -0.2) is 0 Å². The zero-order valence-corrected chi connectivity index (χ0v) is 14.3. The molecule has 23 heavy (non-hydrogen) atoms. The predicted molar refractivity (Wildman–Crippen MR) is 90.0 cm³/mol. The summed E-state index contributed by atoms with van der Waals surface area (Å²) in [6.07, 6.45) is 2.73. The molecule has 4 heteroatoms. The summed E-state index contributed by atoms with van der Waals surface area (Å²) in [6.45, 7) is 6.75. The molecule has 0 bridgehead atoms. The van der Waals surface area contributed by atoms with Crippen molar-refractivity contribution < 1.29 is 14.7 Å². The summed E-state index contributed by atoms with van der Waals surface area (Å²) < 4.78 is 0. The minimum absolute atomic E-state index is 0.0246. The SMILES string of the molecule is C[C@@H]1CN(C(=O)C(C)(C)CCCc2ccccc2)C[C@H]1C(=O)O. The van der Waals surface area contributed by atoms with Crippen LogP contribution in [-0.4, -0.2) is 35.0 Å². The highest BCUT2D eigenvalue weighted by Gasteiger charge is 2.41. The van der Waals surface area contributed by atoms with Gasteiger partial charge in [-0.05, 0) is 30.7 Å². The van der Waals surface area contributed by atoms with E-state index in [1.807, 2.05) is 39.0 Å². The largest absolute Gasteiger partial charge is 0.481 e. The smallest absolute Gasteiger partial charge is 0.308 e. The van der Waals surface area contributed by atoms with Crippen molar-refractivity contribution in [3.05, 3.63) is 35.9 Å². The van der Waals surface area contributed by atoms with Crippen molar-refractivity contribution in [2.24, 2.45) is 17.3 Å². The third-order valence-corrected chi connectivity index (χ3v) is 4.91. The number of carbonyl (C=O) groups is 2. The lowest BCUT2D eigenvalue weighted by molar-refractivity contribution is -0.143. The molecule has 0 unspecified atom stereocenters. The first-order valence-electron chi connectivity index (χ1n) is 8.37. The number of carboxylic acids is 1. The molecule has 1 N–H and O–H groups in total. The Morgan fingerprint density at radius 1 is 1.22 bits per heavy atom. The highest BCUT2D eigenvalue weighted by molar-refractivity contribution is 5.83. The van der Waals surface area contributed by atoms with E-state index < -0.39 is 17.3 Å². The average Bonchev–Trinajstić information content (AvgIpc) is 2.89. The number of amides is 1. The Hall–Kier alpha value is -1.84. The molecule has 2 rings (SSSR count). The summed E-state index contributed by atoms with van der Waals surface area (Å²) in [4.78, 5) is 25.7. The molecule has 1 amide bonds. The lowest BCUT2D eigenvalue weighted by Gasteiger charge is -2.29. The zero-order valence-electron chi connectivity index (χ0n) is 14.3. The molecule has 4 nitrogen and oxygen atoms in total. The van der Waals surface area contributed by atoms with Crippen LogP contribution in [0.1, 0.15) is 39.2 Å². The van der Waals surface area contributed by atoms with Crippen LogP contribution < -0.4 is 0 Å². The topological polar surface area (TPSA) is 57.6 Å². The van der Waals surface area contributed by atoms with Crippen molar-refractivity contribution in [3.63, 3.8) is 0 Å². The zero-order chi connectivity index (χ0) is 17.0. The standard InChI is InChI=1S/C19H27NO3/c1-14-12-20(13-16(14)17(21)22)18(23)19(2,3)11-7-10-15-8-5-4-6-9-15/h4-6,8-9,14,16H,7,10-13H2,1-3H3,(H,21,22)/t14-,16-/m1/s1. The number of hydrogen-bond acceptors (Lipinski definition) is 2. The van der Waals surface area contributed by atoms with Crippen molar-refractivity contribution in [2.45, 2.75) is 40.0 Å². The van der Waals surface area contributed by atoms with Crippen LogP contribution in [0.2, 0.25) is 0 Å². The molecule has 126 valence electrons. The maximum Gasteiger partial charge on any atom is 0.308 e. The fourth-order valence-electron chi connectivity index (χ4n) is 3.37. The number of carbonyl (C=O) groups excluding carboxylic acids is 1. The summed E-state index contributed by atoms with van der Waals surface area (Å²) in [5.74, 6) is -1.12. The normalized spacial score (nSPS) is 21.4. The van der Waals surface area contributed by atoms with Crippen molar-refractivity contribution in [1.82, 2.24) is 4.90 Å². The van der Waals surface area contributed by atoms with Crippen LogP contribution in [0.15, 0.2) is 30.3 Å². The quantitative estimate of drug-likeness (QED) is 0.876. The summed E-state index contributed by atoms with van der Waals surface area (Å²) in [5, 5.41) is 9.22. The molecule has 0 radical (unpaired) electrons. The molecule has 0 aromatic heterocycles. The van der Waals surface area contributed by atoms with Gasteiger partial charge in [0, 0.05) is 18.5 Å². The lowest BCUT2D eigenvalue weighted by atomic mass is 9.85. The van der Waals surface area contributed by atoms with Gasteiger partial charge >= 0.3 is 5.97 Å². The van der Waals surface area contributed by atoms with Crippen LogP contribution in [0, 0.1) is 17.3 Å². The number of nitrogens with zero attached hydrogens (tertiary/aromatic N) is 1. The van der Waals surface area contributed by atoms with Crippen molar-refractivity contribution in [2.75, 3.05) is 13.1 Å². The summed E-state index contributed by atoms with van der Waals surface area (Å²) >= 11 is 0. The van der Waals surface area contributed by atoms with Crippen molar-refractivity contribution in [3.8, 4) is 0 Å². The van der Waals surface area contributed by atoms with E-state index in [0.29, 0.717) is 13.1 Å². The Morgan fingerprint density at radius 3 is 2.43 bits per heavy atom. The first-order chi connectivity index (χ1) is 10.8. The Morgan fingerprint density at radius 2 is 1.87 bits per heavy atom. The molecule has 1 fully saturated rings. The van der Waals surface area contributed by atoms with E-state index in [1.165, 1.54) is 5.56 Å². The van der Waals surface area contributed by atoms with Crippen molar-refractivity contribution in [1.29, 1.82) is 0 Å². The molecular formula is C19H27NO3. The molecule has 1 aliphatic rings. The number of benzene rings is 1. The molecule has 1 saturated heterocycles. The second kappa shape index (κ2) is 7.16. The second-order valence-electron chi connectivity index (χ2n) is 7.36. The summed E-state index contributed by atoms with van der Waals surface area (Å²) in [6, 6.07) is 10.3. The third kappa shape index (κ3) is 4.34. The maximum absolute atomic E-state index is 12.8. The number of carboxylic acid groups (broad SMARTS) is 1. The van der Waals surface area contributed by atoms with Crippen LogP contribution in [0.25, 0.3) is 0 Å². The Labute approximate surface area is 138 Å². The van der Waals surface area contributed by atoms with Gasteiger partial charge in [0.1, 0.15) is 0 Å². The van der Waals surface area contributed by atoms with Crippen LogP contribution in [0.4, 0.5) is 0 Å². The first kappa shape index (κ1) is 17.5. The Balaban J connectivity index is 1.89. The van der Waals surface area contributed by atoms with Crippen molar-refractivity contribution >= 4 is 11.9 Å². The number of aryl methyl sites for hydroxylation is 1. The van der Waals surface area contributed by atoms with E-state index >= 15 is 0 Å². The van der Waals surface area contributed by atoms with Crippen LogP contribution in [0.5, 0.6) is 0 Å². The van der Waals surface area contributed by atoms with E-state index in [0.717, 1.165) is 19.3 Å². The highest BCUT2D eigenvalue weighted by Crippen LogP contribution is 2.31. The molecule has 1 aromatic carbocycles. The van der Waals surface area contributed by atoms with Gasteiger partial charge in [-0.2, -0.15) is 0 Å². The first-order valence-corrected chi connectivity index (χ1v) is 8.37. The van der Waals surface area contributed by atoms with E-state index in [2.05, 4.69) is 12.1 Å². The Kier molecular flexibility index (Phi) is 5.45. The average molecular weight is 317 g/mol. The number of rotatable bonds is 6. The van der Waals surface area contributed by atoms with E-state index in [-0.39, 0.29) is 11.8 Å². The fourth-order valence-corrected chi connectivity index (χ4v) is 3.37. The highest BCUT2D eigenvalue weighted by atomic mass is 16.4. The molecule has 0 saturated carbocycles. The Bertz CT molecular complexity index is 553. The van der Waals surface area contributed by atoms with Gasteiger partial charge in [-0.3, -0.25) is 9.59 Å². The van der Waals surface area contributed by atoms with Crippen LogP contribution >= 0.6 is 0 Å². The van der Waals surface area contributed by atoms with E-state index in [4.69, 9.17) is 0 Å². The van der Waals surface area contributed by atoms with Gasteiger partial charge in [0.05, 0.1) is 5.92 Å². The molecular weight excluding hydrogens is 290 g/mol. The molecule has 0 spiro atoms. The predicted octanol–water partition coefficient (Wildman–Crippen LogP) is 3.21. The minimum atomic E-state index is -0.797. The van der Waals surface area contributed by atoms with Gasteiger partial charge in [-0.1, -0.05) is 51.1 Å². The molecule has 1 heterocycles. The van der Waals surface area contributed by atoms with E-state index in [9.17, 15) is 14.7 Å². The summed E-state index contributed by atoms with van der Waals surface area (Å²) in [7, 11) is 0. The fraction of sp³-hybridized carbons (Fsp3) is 0.579. The van der Waals surface area contributed by atoms with Crippen LogP contribution in [-0.2, 0) is 16.0 Å².